The van der Waals surface area contributed by atoms with Crippen molar-refractivity contribution in [1.82, 2.24) is 5.32 Å². The van der Waals surface area contributed by atoms with Gasteiger partial charge in [0.1, 0.15) is 6.61 Å². The largest absolute Gasteiger partial charge is 0.481 e. The predicted octanol–water partition coefficient (Wildman–Crippen LogP) is 4.27. The summed E-state index contributed by atoms with van der Waals surface area (Å²) >= 11 is 0. The van der Waals surface area contributed by atoms with Crippen LogP contribution in [0.5, 0.6) is 0 Å². The number of hydrogen-bond acceptors (Lipinski definition) is 3. The highest BCUT2D eigenvalue weighted by molar-refractivity contribution is 5.77. The second-order valence-electron chi connectivity index (χ2n) is 7.31. The number of benzene rings is 2. The molecule has 2 aromatic carbocycles. The number of aliphatic carboxylic acids is 1. The van der Waals surface area contributed by atoms with Crippen LogP contribution >= 0.6 is 0 Å². The second kappa shape index (κ2) is 9.21. The molecule has 0 heterocycles. The third-order valence-corrected chi connectivity index (χ3v) is 4.74. The Labute approximate surface area is 160 Å². The van der Waals surface area contributed by atoms with E-state index in [0.717, 1.165) is 11.1 Å². The SMILES string of the molecule is CC(C)[C@H](NC(=O)OCc1ccccc1)[C@](C)(Cc1ccccc1)C(=O)O. The van der Waals surface area contributed by atoms with Crippen molar-refractivity contribution < 1.29 is 19.4 Å². The summed E-state index contributed by atoms with van der Waals surface area (Å²) in [4.78, 5) is 24.5. The summed E-state index contributed by atoms with van der Waals surface area (Å²) in [5.41, 5.74) is 0.618. The van der Waals surface area contributed by atoms with E-state index in [1.165, 1.54) is 0 Å². The molecule has 0 saturated heterocycles. The minimum Gasteiger partial charge on any atom is -0.481 e. The van der Waals surface area contributed by atoms with Gasteiger partial charge in [-0.15, -0.1) is 0 Å². The highest BCUT2D eigenvalue weighted by Gasteiger charge is 2.44. The fourth-order valence-corrected chi connectivity index (χ4v) is 3.29. The van der Waals surface area contributed by atoms with Crippen molar-refractivity contribution in [2.45, 2.75) is 39.8 Å². The van der Waals surface area contributed by atoms with Gasteiger partial charge < -0.3 is 15.2 Å². The van der Waals surface area contributed by atoms with E-state index in [-0.39, 0.29) is 12.5 Å². The lowest BCUT2D eigenvalue weighted by molar-refractivity contribution is -0.150. The highest BCUT2D eigenvalue weighted by atomic mass is 16.5. The molecule has 0 bridgehead atoms. The summed E-state index contributed by atoms with van der Waals surface area (Å²) in [5.74, 6) is -1.03. The molecule has 0 aliphatic carbocycles. The van der Waals surface area contributed by atoms with E-state index in [4.69, 9.17) is 4.74 Å². The van der Waals surface area contributed by atoms with Crippen molar-refractivity contribution >= 4 is 12.1 Å². The smallest absolute Gasteiger partial charge is 0.407 e. The molecular formula is C22H27NO4. The molecule has 1 amide bonds. The normalized spacial score (nSPS) is 14.2. The number of carbonyl (C=O) groups excluding carboxylic acids is 1. The Bertz CT molecular complexity index is 745. The Kier molecular flexibility index (Phi) is 6.99. The molecule has 0 aliphatic heterocycles. The van der Waals surface area contributed by atoms with Crippen molar-refractivity contribution in [1.29, 1.82) is 0 Å². The topological polar surface area (TPSA) is 75.6 Å². The van der Waals surface area contributed by atoms with Crippen LogP contribution in [0.3, 0.4) is 0 Å². The molecule has 2 rings (SSSR count). The molecule has 2 N–H and O–H groups in total. The minimum atomic E-state index is -1.17. The van der Waals surface area contributed by atoms with Crippen molar-refractivity contribution in [3.63, 3.8) is 0 Å². The first-order valence-corrected chi connectivity index (χ1v) is 9.07. The van der Waals surface area contributed by atoms with Crippen molar-refractivity contribution in [3.8, 4) is 0 Å². The van der Waals surface area contributed by atoms with Crippen LogP contribution in [0, 0.1) is 11.3 Å². The number of amides is 1. The minimum absolute atomic E-state index is 0.0842. The zero-order valence-corrected chi connectivity index (χ0v) is 16.0. The molecule has 0 spiro atoms. The zero-order valence-electron chi connectivity index (χ0n) is 16.0. The Morgan fingerprint density at radius 2 is 1.52 bits per heavy atom. The molecule has 5 nitrogen and oxygen atoms in total. The fourth-order valence-electron chi connectivity index (χ4n) is 3.29. The monoisotopic (exact) mass is 369 g/mol. The van der Waals surface area contributed by atoms with E-state index in [1.807, 2.05) is 74.5 Å². The van der Waals surface area contributed by atoms with Crippen molar-refractivity contribution in [2.75, 3.05) is 0 Å². The van der Waals surface area contributed by atoms with Crippen LogP contribution in [0.15, 0.2) is 60.7 Å². The summed E-state index contributed by atoms with van der Waals surface area (Å²) in [7, 11) is 0. The maximum Gasteiger partial charge on any atom is 0.407 e. The van der Waals surface area contributed by atoms with Gasteiger partial charge in [0.2, 0.25) is 0 Å². The van der Waals surface area contributed by atoms with E-state index in [1.54, 1.807) is 6.92 Å². The van der Waals surface area contributed by atoms with Crippen LogP contribution in [0.25, 0.3) is 0 Å². The number of rotatable bonds is 8. The molecule has 144 valence electrons. The average Bonchev–Trinajstić information content (AvgIpc) is 2.65. The number of alkyl carbamates (subject to hydrolysis) is 1. The van der Waals surface area contributed by atoms with Gasteiger partial charge in [-0.1, -0.05) is 74.5 Å². The summed E-state index contributed by atoms with van der Waals surface area (Å²) in [6.07, 6.45) is -0.302. The molecule has 0 unspecified atom stereocenters. The molecule has 2 aromatic rings. The predicted molar refractivity (Wildman–Crippen MR) is 104 cm³/mol. The molecule has 5 heteroatoms. The average molecular weight is 369 g/mol. The molecule has 2 atom stereocenters. The summed E-state index contributed by atoms with van der Waals surface area (Å²) in [6.45, 7) is 5.60. The summed E-state index contributed by atoms with van der Waals surface area (Å²) in [6, 6.07) is 18.2. The Morgan fingerprint density at radius 1 is 1.00 bits per heavy atom. The molecule has 27 heavy (non-hydrogen) atoms. The zero-order chi connectivity index (χ0) is 19.9. The number of hydrogen-bond donors (Lipinski definition) is 2. The lowest BCUT2D eigenvalue weighted by atomic mass is 9.72. The highest BCUT2D eigenvalue weighted by Crippen LogP contribution is 2.31. The fraction of sp³-hybridized carbons (Fsp3) is 0.364. The Balaban J connectivity index is 2.12. The first kappa shape index (κ1) is 20.5. The standard InChI is InChI=1S/C22H27NO4/c1-16(2)19(23-21(26)27-15-18-12-8-5-9-13-18)22(3,20(24)25)14-17-10-6-4-7-11-17/h4-13,16,19H,14-15H2,1-3H3,(H,23,26)(H,24,25)/t19-,22-/m0/s1. The van der Waals surface area contributed by atoms with Gasteiger partial charge in [-0.25, -0.2) is 4.79 Å². The quantitative estimate of drug-likeness (QED) is 0.728. The van der Waals surface area contributed by atoms with Gasteiger partial charge in [0.15, 0.2) is 0 Å². The maximum atomic E-state index is 12.3. The third kappa shape index (κ3) is 5.58. The van der Waals surface area contributed by atoms with E-state index in [9.17, 15) is 14.7 Å². The Hall–Kier alpha value is -2.82. The molecule has 0 aromatic heterocycles. The lowest BCUT2D eigenvalue weighted by Crippen LogP contribution is -2.54. The number of carbonyl (C=O) groups is 2. The van der Waals surface area contributed by atoms with Crippen LogP contribution in [0.4, 0.5) is 4.79 Å². The first-order chi connectivity index (χ1) is 12.8. The summed E-state index contributed by atoms with van der Waals surface area (Å²) in [5, 5.41) is 12.7. The number of carboxylic acid groups (broad SMARTS) is 1. The molecule has 0 aliphatic rings. The van der Waals surface area contributed by atoms with Crippen LogP contribution in [-0.2, 0) is 22.6 Å². The van der Waals surface area contributed by atoms with E-state index < -0.39 is 23.5 Å². The molecule has 0 saturated carbocycles. The molecule has 0 radical (unpaired) electrons. The van der Waals surface area contributed by atoms with Gasteiger partial charge in [-0.05, 0) is 30.4 Å². The lowest BCUT2D eigenvalue weighted by Gasteiger charge is -2.37. The maximum absolute atomic E-state index is 12.3. The van der Waals surface area contributed by atoms with E-state index in [0.29, 0.717) is 6.42 Å². The van der Waals surface area contributed by atoms with Crippen LogP contribution < -0.4 is 5.32 Å². The van der Waals surface area contributed by atoms with Crippen molar-refractivity contribution in [3.05, 3.63) is 71.8 Å². The summed E-state index contributed by atoms with van der Waals surface area (Å²) < 4.78 is 5.29. The van der Waals surface area contributed by atoms with Gasteiger partial charge >= 0.3 is 12.1 Å². The van der Waals surface area contributed by atoms with Gasteiger partial charge in [-0.3, -0.25) is 4.79 Å². The first-order valence-electron chi connectivity index (χ1n) is 9.07. The van der Waals surface area contributed by atoms with Crippen LogP contribution in [0.1, 0.15) is 31.9 Å². The van der Waals surface area contributed by atoms with E-state index >= 15 is 0 Å². The van der Waals surface area contributed by atoms with Gasteiger partial charge in [0, 0.05) is 0 Å². The number of nitrogens with one attached hydrogen (secondary N) is 1. The molecule has 0 fully saturated rings. The van der Waals surface area contributed by atoms with Crippen LogP contribution in [0.2, 0.25) is 0 Å². The third-order valence-electron chi connectivity index (χ3n) is 4.74. The van der Waals surface area contributed by atoms with Crippen molar-refractivity contribution in [2.24, 2.45) is 11.3 Å². The Morgan fingerprint density at radius 3 is 2.00 bits per heavy atom. The van der Waals surface area contributed by atoms with E-state index in [2.05, 4.69) is 5.32 Å². The van der Waals surface area contributed by atoms with Gasteiger partial charge in [-0.2, -0.15) is 0 Å². The number of ether oxygens (including phenoxy) is 1. The number of carboxylic acids is 1. The van der Waals surface area contributed by atoms with Gasteiger partial charge in [0.25, 0.3) is 0 Å². The van der Waals surface area contributed by atoms with Crippen LogP contribution in [-0.4, -0.2) is 23.2 Å². The molecular weight excluding hydrogens is 342 g/mol. The van der Waals surface area contributed by atoms with Gasteiger partial charge in [0.05, 0.1) is 11.5 Å². The second-order valence-corrected chi connectivity index (χ2v) is 7.31.